The van der Waals surface area contributed by atoms with Crippen molar-refractivity contribution >= 4 is 45.3 Å². The molecular formula is C14H20N2O5S2. The molecule has 9 heteroatoms. The molecule has 1 unspecified atom stereocenters. The molecule has 0 aromatic rings. The van der Waals surface area contributed by atoms with Gasteiger partial charge in [-0.2, -0.15) is 0 Å². The third-order valence-corrected chi connectivity index (χ3v) is 6.54. The van der Waals surface area contributed by atoms with Gasteiger partial charge in [-0.05, 0) is 19.3 Å². The number of imide groups is 1. The maximum Gasteiger partial charge on any atom is 0.352 e. The average Bonchev–Trinajstić information content (AvgIpc) is 3.15. The lowest BCUT2D eigenvalue weighted by Crippen LogP contribution is -2.37. The predicted molar refractivity (Wildman–Crippen MR) is 87.1 cm³/mol. The minimum atomic E-state index is -0.818. The van der Waals surface area contributed by atoms with Crippen LogP contribution in [0, 0.1) is 0 Å². The van der Waals surface area contributed by atoms with Crippen LogP contribution >= 0.6 is 21.6 Å². The van der Waals surface area contributed by atoms with Crippen molar-refractivity contribution in [3.05, 3.63) is 0 Å². The molecule has 2 aliphatic rings. The Bertz CT molecular complexity index is 464. The van der Waals surface area contributed by atoms with Crippen LogP contribution in [0.15, 0.2) is 0 Å². The summed E-state index contributed by atoms with van der Waals surface area (Å²) in [4.78, 5) is 50.4. The number of carbonyl (C=O) groups is 4. The number of nitrogens with one attached hydrogen (secondary N) is 1. The van der Waals surface area contributed by atoms with Gasteiger partial charge in [0.1, 0.15) is 6.54 Å². The van der Waals surface area contributed by atoms with Gasteiger partial charge in [0.05, 0.1) is 0 Å². The lowest BCUT2D eigenvalue weighted by molar-refractivity contribution is -0.196. The van der Waals surface area contributed by atoms with E-state index in [4.69, 9.17) is 0 Å². The molecule has 2 saturated heterocycles. The van der Waals surface area contributed by atoms with E-state index in [9.17, 15) is 19.2 Å². The van der Waals surface area contributed by atoms with Crippen LogP contribution < -0.4 is 5.32 Å². The minimum absolute atomic E-state index is 0.0518. The van der Waals surface area contributed by atoms with E-state index in [0.717, 1.165) is 19.3 Å². The van der Waals surface area contributed by atoms with E-state index in [1.807, 2.05) is 21.6 Å². The summed E-state index contributed by atoms with van der Waals surface area (Å²) in [5, 5.41) is 3.62. The van der Waals surface area contributed by atoms with Gasteiger partial charge in [-0.1, -0.05) is 28.0 Å². The topological polar surface area (TPSA) is 92.8 Å². The quantitative estimate of drug-likeness (QED) is 0.397. The Morgan fingerprint density at radius 2 is 1.96 bits per heavy atom. The number of rotatable bonds is 8. The maximum atomic E-state index is 11.6. The summed E-state index contributed by atoms with van der Waals surface area (Å²) in [5.41, 5.74) is 0. The van der Waals surface area contributed by atoms with Gasteiger partial charge < -0.3 is 10.2 Å². The van der Waals surface area contributed by atoms with Gasteiger partial charge in [-0.3, -0.25) is 14.4 Å². The standard InChI is InChI=1S/C14H20N2O5S2/c17-11(4-2-1-3-10-7-8-22-23-10)15-9-14(20)21-16-12(18)5-6-13(16)19/h10H,1-9H2,(H,15,17). The number of hydrogen-bond acceptors (Lipinski definition) is 7. The van der Waals surface area contributed by atoms with Gasteiger partial charge in [0.2, 0.25) is 5.91 Å². The SMILES string of the molecule is O=C(CCCCC1CCSS1)NCC(=O)ON1C(=O)CCC1=O. The first-order valence-corrected chi connectivity index (χ1v) is 10.1. The molecular weight excluding hydrogens is 340 g/mol. The number of amides is 3. The third-order valence-electron chi connectivity index (χ3n) is 3.54. The Morgan fingerprint density at radius 3 is 2.61 bits per heavy atom. The van der Waals surface area contributed by atoms with Gasteiger partial charge in [-0.15, -0.1) is 5.06 Å². The van der Waals surface area contributed by atoms with E-state index < -0.39 is 17.8 Å². The van der Waals surface area contributed by atoms with Crippen molar-refractivity contribution in [2.45, 2.75) is 50.2 Å². The van der Waals surface area contributed by atoms with Crippen molar-refractivity contribution < 1.29 is 24.0 Å². The number of nitrogens with zero attached hydrogens (tertiary/aromatic N) is 1. The van der Waals surface area contributed by atoms with E-state index in [1.54, 1.807) is 0 Å². The highest BCUT2D eigenvalue weighted by atomic mass is 33.1. The Balaban J connectivity index is 1.54. The monoisotopic (exact) mass is 360 g/mol. The second-order valence-electron chi connectivity index (χ2n) is 5.40. The largest absolute Gasteiger partial charge is 0.352 e. The summed E-state index contributed by atoms with van der Waals surface area (Å²) < 4.78 is 0. The molecule has 128 valence electrons. The highest BCUT2D eigenvalue weighted by Gasteiger charge is 2.32. The van der Waals surface area contributed by atoms with Gasteiger partial charge in [0, 0.05) is 30.3 Å². The fourth-order valence-corrected chi connectivity index (χ4v) is 5.30. The van der Waals surface area contributed by atoms with E-state index in [2.05, 4.69) is 10.2 Å². The van der Waals surface area contributed by atoms with Gasteiger partial charge in [0.15, 0.2) is 0 Å². The van der Waals surface area contributed by atoms with Crippen LogP contribution in [0.5, 0.6) is 0 Å². The van der Waals surface area contributed by atoms with Crippen LogP contribution in [0.2, 0.25) is 0 Å². The molecule has 3 amide bonds. The highest BCUT2D eigenvalue weighted by Crippen LogP contribution is 2.39. The third kappa shape index (κ3) is 6.06. The van der Waals surface area contributed by atoms with Crippen LogP contribution in [0.4, 0.5) is 0 Å². The van der Waals surface area contributed by atoms with E-state index in [1.165, 1.54) is 12.2 Å². The minimum Gasteiger partial charge on any atom is -0.345 e. The number of hydroxylamine groups is 2. The predicted octanol–water partition coefficient (Wildman–Crippen LogP) is 1.42. The second kappa shape index (κ2) is 9.17. The van der Waals surface area contributed by atoms with Crippen molar-refractivity contribution in [2.24, 2.45) is 0 Å². The number of unbranched alkanes of at least 4 members (excludes halogenated alkanes) is 1. The fraction of sp³-hybridized carbons (Fsp3) is 0.714. The normalized spacial score (nSPS) is 20.9. The number of hydrogen-bond donors (Lipinski definition) is 1. The Kier molecular flexibility index (Phi) is 7.22. The average molecular weight is 360 g/mol. The molecule has 1 N–H and O–H groups in total. The molecule has 2 heterocycles. The lowest BCUT2D eigenvalue weighted by Gasteiger charge is -2.12. The molecule has 0 aromatic heterocycles. The second-order valence-corrected chi connectivity index (χ2v) is 8.18. The van der Waals surface area contributed by atoms with Crippen molar-refractivity contribution in [1.82, 2.24) is 10.4 Å². The molecule has 1 atom stereocenters. The van der Waals surface area contributed by atoms with Crippen molar-refractivity contribution in [2.75, 3.05) is 12.3 Å². The molecule has 0 spiro atoms. The maximum absolute atomic E-state index is 11.6. The molecule has 0 saturated carbocycles. The van der Waals surface area contributed by atoms with Crippen LogP contribution in [0.3, 0.4) is 0 Å². The summed E-state index contributed by atoms with van der Waals surface area (Å²) in [6.07, 6.45) is 4.60. The molecule has 0 radical (unpaired) electrons. The highest BCUT2D eigenvalue weighted by molar-refractivity contribution is 8.77. The zero-order chi connectivity index (χ0) is 16.7. The molecule has 2 aliphatic heterocycles. The Labute approximate surface area is 142 Å². The van der Waals surface area contributed by atoms with Gasteiger partial charge >= 0.3 is 5.97 Å². The summed E-state index contributed by atoms with van der Waals surface area (Å²) in [6, 6.07) is 0. The first kappa shape index (κ1) is 18.1. The van der Waals surface area contributed by atoms with Crippen LogP contribution in [-0.4, -0.2) is 46.3 Å². The van der Waals surface area contributed by atoms with Crippen LogP contribution in [-0.2, 0) is 24.0 Å². The zero-order valence-corrected chi connectivity index (χ0v) is 14.4. The Morgan fingerprint density at radius 1 is 1.22 bits per heavy atom. The Hall–Kier alpha value is -1.22. The number of carbonyl (C=O) groups excluding carboxylic acids is 4. The summed E-state index contributed by atoms with van der Waals surface area (Å²) in [6.45, 7) is -0.342. The summed E-state index contributed by atoms with van der Waals surface area (Å²) >= 11 is 0. The summed E-state index contributed by atoms with van der Waals surface area (Å²) in [7, 11) is 3.83. The van der Waals surface area contributed by atoms with Crippen molar-refractivity contribution in [3.8, 4) is 0 Å². The molecule has 7 nitrogen and oxygen atoms in total. The lowest BCUT2D eigenvalue weighted by atomic mass is 10.1. The van der Waals surface area contributed by atoms with Gasteiger partial charge in [0.25, 0.3) is 11.8 Å². The van der Waals surface area contributed by atoms with Crippen LogP contribution in [0.1, 0.15) is 44.9 Å². The fourth-order valence-electron chi connectivity index (χ4n) is 2.27. The van der Waals surface area contributed by atoms with E-state index in [-0.39, 0.29) is 25.3 Å². The zero-order valence-electron chi connectivity index (χ0n) is 12.7. The van der Waals surface area contributed by atoms with Crippen molar-refractivity contribution in [1.29, 1.82) is 0 Å². The molecule has 2 fully saturated rings. The smallest absolute Gasteiger partial charge is 0.345 e. The van der Waals surface area contributed by atoms with Gasteiger partial charge in [-0.25, -0.2) is 4.79 Å². The van der Waals surface area contributed by atoms with E-state index >= 15 is 0 Å². The summed E-state index contributed by atoms with van der Waals surface area (Å²) in [5.74, 6) is -0.897. The molecule has 0 aromatic carbocycles. The van der Waals surface area contributed by atoms with Crippen molar-refractivity contribution in [3.63, 3.8) is 0 Å². The molecule has 23 heavy (non-hydrogen) atoms. The molecule has 2 rings (SSSR count). The molecule has 0 bridgehead atoms. The first-order valence-electron chi connectivity index (χ1n) is 7.68. The van der Waals surface area contributed by atoms with Crippen LogP contribution in [0.25, 0.3) is 0 Å². The van der Waals surface area contributed by atoms with E-state index in [0.29, 0.717) is 16.7 Å². The first-order chi connectivity index (χ1) is 11.1. The molecule has 0 aliphatic carbocycles.